The maximum absolute atomic E-state index is 3.41. The summed E-state index contributed by atoms with van der Waals surface area (Å²) >= 11 is 0. The van der Waals surface area contributed by atoms with Gasteiger partial charge in [0.25, 0.3) is 0 Å². The van der Waals surface area contributed by atoms with Crippen LogP contribution in [-0.4, -0.2) is 18.1 Å². The summed E-state index contributed by atoms with van der Waals surface area (Å²) < 4.78 is 0. The molecule has 15 heavy (non-hydrogen) atoms. The zero-order chi connectivity index (χ0) is 10.7. The van der Waals surface area contributed by atoms with Gasteiger partial charge in [0, 0.05) is 11.5 Å². The molecule has 0 aromatic carbocycles. The summed E-state index contributed by atoms with van der Waals surface area (Å²) in [6, 6.07) is 0. The first kappa shape index (κ1) is 10.5. The number of nitrogens with one attached hydrogen (secondary N) is 2. The fourth-order valence-corrected chi connectivity index (χ4v) is 2.50. The zero-order valence-corrected chi connectivity index (χ0v) is 9.64. The summed E-state index contributed by atoms with van der Waals surface area (Å²) in [7, 11) is 0. The molecule has 0 saturated carbocycles. The standard InChI is InChI=1S/C13H20N2/c1-3-11-12(9-15-13(11)4-2)10-5-7-14-8-6-10/h3-4,9-10,14-15H,5-8H2,1-2H3/b11-3-,13-4+. The van der Waals surface area contributed by atoms with Gasteiger partial charge < -0.3 is 10.3 Å². The van der Waals surface area contributed by atoms with E-state index in [4.69, 9.17) is 0 Å². The van der Waals surface area contributed by atoms with Crippen LogP contribution in [0.5, 0.6) is 0 Å². The monoisotopic (exact) mass is 204 g/mol. The van der Waals surface area contributed by atoms with Crippen LogP contribution in [-0.2, 0) is 0 Å². The van der Waals surface area contributed by atoms with Gasteiger partial charge in [0.15, 0.2) is 0 Å². The Labute approximate surface area is 91.1 Å². The highest BCUT2D eigenvalue weighted by Crippen LogP contribution is 2.21. The normalized spacial score (nSPS) is 21.2. The maximum Gasteiger partial charge on any atom is 0.0410 e. The van der Waals surface area contributed by atoms with Crippen LogP contribution in [0.25, 0.3) is 12.2 Å². The molecule has 2 N–H and O–H groups in total. The second-order valence-corrected chi connectivity index (χ2v) is 4.17. The van der Waals surface area contributed by atoms with E-state index >= 15 is 0 Å². The highest BCUT2D eigenvalue weighted by atomic mass is 14.9. The molecule has 0 spiro atoms. The third kappa shape index (κ3) is 2.00. The fraction of sp³-hybridized carbons (Fsp3) is 0.538. The van der Waals surface area contributed by atoms with Crippen molar-refractivity contribution in [1.29, 1.82) is 0 Å². The Hall–Kier alpha value is -1.02. The first-order valence-corrected chi connectivity index (χ1v) is 5.87. The van der Waals surface area contributed by atoms with E-state index in [0.29, 0.717) is 0 Å². The molecule has 1 saturated heterocycles. The molecule has 1 fully saturated rings. The second kappa shape index (κ2) is 4.67. The van der Waals surface area contributed by atoms with Gasteiger partial charge in [-0.2, -0.15) is 0 Å². The van der Waals surface area contributed by atoms with Crippen LogP contribution in [0.4, 0.5) is 0 Å². The number of aromatic amines is 1. The number of H-pyrrole nitrogens is 1. The third-order valence-electron chi connectivity index (χ3n) is 3.34. The van der Waals surface area contributed by atoms with Crippen molar-refractivity contribution in [3.05, 3.63) is 22.3 Å². The molecule has 1 aliphatic heterocycles. The Kier molecular flexibility index (Phi) is 3.27. The van der Waals surface area contributed by atoms with Gasteiger partial charge in [-0.3, -0.25) is 0 Å². The van der Waals surface area contributed by atoms with Crippen LogP contribution in [0.2, 0.25) is 0 Å². The molecule has 0 atom stereocenters. The van der Waals surface area contributed by atoms with Crippen molar-refractivity contribution in [3.63, 3.8) is 0 Å². The minimum absolute atomic E-state index is 0.738. The maximum atomic E-state index is 3.41. The van der Waals surface area contributed by atoms with E-state index in [2.05, 4.69) is 42.5 Å². The second-order valence-electron chi connectivity index (χ2n) is 4.17. The average molecular weight is 204 g/mol. The van der Waals surface area contributed by atoms with Crippen molar-refractivity contribution in [3.8, 4) is 0 Å². The van der Waals surface area contributed by atoms with Gasteiger partial charge in [0.05, 0.1) is 0 Å². The zero-order valence-electron chi connectivity index (χ0n) is 9.64. The molecule has 1 aromatic heterocycles. The van der Waals surface area contributed by atoms with Gasteiger partial charge in [-0.1, -0.05) is 12.2 Å². The van der Waals surface area contributed by atoms with Crippen molar-refractivity contribution in [1.82, 2.24) is 10.3 Å². The van der Waals surface area contributed by atoms with Crippen molar-refractivity contribution >= 4 is 12.2 Å². The Bertz CT molecular complexity index is 422. The number of rotatable bonds is 1. The quantitative estimate of drug-likeness (QED) is 0.704. The third-order valence-corrected chi connectivity index (χ3v) is 3.34. The number of piperidine rings is 1. The number of hydrogen-bond acceptors (Lipinski definition) is 1. The Morgan fingerprint density at radius 3 is 2.53 bits per heavy atom. The van der Waals surface area contributed by atoms with Crippen LogP contribution >= 0.6 is 0 Å². The van der Waals surface area contributed by atoms with Crippen LogP contribution in [0, 0.1) is 0 Å². The van der Waals surface area contributed by atoms with E-state index in [1.54, 1.807) is 0 Å². The summed E-state index contributed by atoms with van der Waals surface area (Å²) in [5.41, 5.74) is 1.51. The molecular weight excluding hydrogens is 184 g/mol. The smallest absolute Gasteiger partial charge is 0.0410 e. The van der Waals surface area contributed by atoms with Crippen molar-refractivity contribution in [2.75, 3.05) is 13.1 Å². The summed E-state index contributed by atoms with van der Waals surface area (Å²) in [6.45, 7) is 6.53. The Morgan fingerprint density at radius 1 is 1.20 bits per heavy atom. The number of aromatic nitrogens is 1. The molecular formula is C13H20N2. The van der Waals surface area contributed by atoms with Gasteiger partial charge in [-0.15, -0.1) is 0 Å². The lowest BCUT2D eigenvalue weighted by molar-refractivity contribution is 0.459. The topological polar surface area (TPSA) is 27.8 Å². The first-order chi connectivity index (χ1) is 7.36. The molecule has 0 aliphatic carbocycles. The molecule has 0 amide bonds. The van der Waals surface area contributed by atoms with E-state index in [0.717, 1.165) is 19.0 Å². The van der Waals surface area contributed by atoms with Gasteiger partial charge in [-0.05, 0) is 56.5 Å². The Morgan fingerprint density at radius 2 is 1.93 bits per heavy atom. The van der Waals surface area contributed by atoms with Gasteiger partial charge in [0.1, 0.15) is 0 Å². The highest BCUT2D eigenvalue weighted by molar-refractivity contribution is 5.33. The van der Waals surface area contributed by atoms with Gasteiger partial charge >= 0.3 is 0 Å². The van der Waals surface area contributed by atoms with Crippen molar-refractivity contribution in [2.24, 2.45) is 0 Å². The average Bonchev–Trinajstić information content (AvgIpc) is 2.72. The number of hydrogen-bond donors (Lipinski definition) is 2. The fourth-order valence-electron chi connectivity index (χ4n) is 2.50. The molecule has 2 rings (SSSR count). The summed E-state index contributed by atoms with van der Waals surface area (Å²) in [6.07, 6.45) is 9.10. The molecule has 0 radical (unpaired) electrons. The van der Waals surface area contributed by atoms with Crippen molar-refractivity contribution < 1.29 is 0 Å². The Balaban J connectivity index is 2.40. The van der Waals surface area contributed by atoms with Crippen LogP contribution in [0.3, 0.4) is 0 Å². The lowest BCUT2D eigenvalue weighted by Crippen LogP contribution is -2.31. The molecule has 82 valence electrons. The summed E-state index contributed by atoms with van der Waals surface area (Å²) in [4.78, 5) is 3.37. The van der Waals surface area contributed by atoms with E-state index in [-0.39, 0.29) is 0 Å². The predicted molar refractivity (Wildman–Crippen MR) is 65.2 cm³/mol. The van der Waals surface area contributed by atoms with Crippen LogP contribution < -0.4 is 15.9 Å². The summed E-state index contributed by atoms with van der Waals surface area (Å²) in [5.74, 6) is 0.738. The molecule has 2 heterocycles. The summed E-state index contributed by atoms with van der Waals surface area (Å²) in [5, 5.41) is 6.09. The molecule has 0 unspecified atom stereocenters. The molecule has 1 aromatic rings. The minimum atomic E-state index is 0.738. The minimum Gasteiger partial charge on any atom is -0.361 e. The SMILES string of the molecule is C/C=c1/c(C2CCNCC2)c[nH]/c1=C/C. The largest absolute Gasteiger partial charge is 0.361 e. The first-order valence-electron chi connectivity index (χ1n) is 5.87. The lowest BCUT2D eigenvalue weighted by Gasteiger charge is -2.21. The van der Waals surface area contributed by atoms with E-state index in [1.807, 2.05) is 0 Å². The highest BCUT2D eigenvalue weighted by Gasteiger charge is 2.16. The van der Waals surface area contributed by atoms with E-state index in [9.17, 15) is 0 Å². The van der Waals surface area contributed by atoms with E-state index in [1.165, 1.54) is 29.0 Å². The van der Waals surface area contributed by atoms with Gasteiger partial charge in [-0.25, -0.2) is 0 Å². The molecule has 0 bridgehead atoms. The lowest BCUT2D eigenvalue weighted by atomic mass is 9.91. The molecule has 2 nitrogen and oxygen atoms in total. The molecule has 1 aliphatic rings. The predicted octanol–water partition coefficient (Wildman–Crippen LogP) is 1.08. The van der Waals surface area contributed by atoms with E-state index < -0.39 is 0 Å². The van der Waals surface area contributed by atoms with Crippen molar-refractivity contribution in [2.45, 2.75) is 32.6 Å². The van der Waals surface area contributed by atoms with Gasteiger partial charge in [0.2, 0.25) is 0 Å². The van der Waals surface area contributed by atoms with Crippen LogP contribution in [0.1, 0.15) is 38.2 Å². The van der Waals surface area contributed by atoms with Crippen LogP contribution in [0.15, 0.2) is 6.20 Å². The molecule has 2 heteroatoms.